The molecule has 2 aromatic rings. The average Bonchev–Trinajstić information content (AvgIpc) is 2.46. The van der Waals surface area contributed by atoms with Crippen LogP contribution in [0, 0.1) is 0 Å². The molecule has 98 valence electrons. The number of aromatic nitrogens is 2. The molecule has 1 aliphatic rings. The topological polar surface area (TPSA) is 37.8 Å². The molecule has 0 bridgehead atoms. The van der Waals surface area contributed by atoms with Crippen molar-refractivity contribution in [3.63, 3.8) is 0 Å². The first-order chi connectivity index (χ1) is 9.33. The van der Waals surface area contributed by atoms with Gasteiger partial charge in [-0.1, -0.05) is 11.6 Å². The molecular weight excluding hydrogens is 278 g/mol. The quantitative estimate of drug-likeness (QED) is 0.940. The highest BCUT2D eigenvalue weighted by atomic mass is 35.5. The molecule has 5 heteroatoms. The van der Waals surface area contributed by atoms with Gasteiger partial charge < -0.3 is 5.32 Å². The Balaban J connectivity index is 1.75. The Morgan fingerprint density at radius 1 is 1.37 bits per heavy atom. The molecular formula is C14H14ClN3S. The van der Waals surface area contributed by atoms with Crippen LogP contribution >= 0.6 is 23.4 Å². The number of nitrogens with zero attached hydrogens (tertiary/aromatic N) is 2. The summed E-state index contributed by atoms with van der Waals surface area (Å²) in [7, 11) is 0. The highest BCUT2D eigenvalue weighted by Crippen LogP contribution is 2.37. The molecule has 0 saturated carbocycles. The van der Waals surface area contributed by atoms with Crippen molar-refractivity contribution >= 4 is 23.4 Å². The normalized spacial score (nSPS) is 18.1. The van der Waals surface area contributed by atoms with Crippen LogP contribution in [0.2, 0.25) is 5.02 Å². The van der Waals surface area contributed by atoms with Gasteiger partial charge in [-0.05, 0) is 42.0 Å². The zero-order valence-electron chi connectivity index (χ0n) is 10.3. The predicted octanol–water partition coefficient (Wildman–Crippen LogP) is 3.46. The van der Waals surface area contributed by atoms with Crippen molar-refractivity contribution in [2.45, 2.75) is 23.9 Å². The first-order valence-electron chi connectivity index (χ1n) is 6.23. The molecule has 1 aromatic carbocycles. The third kappa shape index (κ3) is 3.08. The minimum atomic E-state index is 0.352. The van der Waals surface area contributed by atoms with Gasteiger partial charge in [-0.3, -0.25) is 0 Å². The zero-order valence-corrected chi connectivity index (χ0v) is 11.9. The fourth-order valence-corrected chi connectivity index (χ4v) is 3.51. The Labute approximate surface area is 121 Å². The van der Waals surface area contributed by atoms with Crippen LogP contribution in [0.5, 0.6) is 0 Å². The van der Waals surface area contributed by atoms with Crippen molar-refractivity contribution in [1.29, 1.82) is 0 Å². The molecule has 2 heterocycles. The molecule has 1 aromatic heterocycles. The summed E-state index contributed by atoms with van der Waals surface area (Å²) in [5, 5.41) is 4.36. The van der Waals surface area contributed by atoms with Crippen LogP contribution in [0.4, 0.5) is 0 Å². The fraction of sp³-hybridized carbons (Fsp3) is 0.286. The summed E-state index contributed by atoms with van der Waals surface area (Å²) in [6, 6.07) is 8.43. The molecule has 0 radical (unpaired) electrons. The lowest BCUT2D eigenvalue weighted by atomic mass is 10.0. The lowest BCUT2D eigenvalue weighted by molar-refractivity contribution is 0.505. The summed E-state index contributed by atoms with van der Waals surface area (Å²) >= 11 is 8.00. The second kappa shape index (κ2) is 5.90. The van der Waals surface area contributed by atoms with Gasteiger partial charge in [0.1, 0.15) is 6.33 Å². The van der Waals surface area contributed by atoms with Crippen LogP contribution < -0.4 is 5.32 Å². The molecule has 19 heavy (non-hydrogen) atoms. The van der Waals surface area contributed by atoms with Gasteiger partial charge >= 0.3 is 0 Å². The van der Waals surface area contributed by atoms with Crippen LogP contribution in [0.15, 0.2) is 41.7 Å². The van der Waals surface area contributed by atoms with Crippen molar-refractivity contribution in [1.82, 2.24) is 15.3 Å². The molecule has 1 aliphatic heterocycles. The molecule has 0 spiro atoms. The van der Waals surface area contributed by atoms with Gasteiger partial charge in [-0.25, -0.2) is 9.97 Å². The second-order valence-electron chi connectivity index (χ2n) is 4.45. The summed E-state index contributed by atoms with van der Waals surface area (Å²) < 4.78 is 0. The van der Waals surface area contributed by atoms with Gasteiger partial charge in [0.25, 0.3) is 0 Å². The van der Waals surface area contributed by atoms with Crippen molar-refractivity contribution in [3.05, 3.63) is 53.1 Å². The summed E-state index contributed by atoms with van der Waals surface area (Å²) in [5.74, 6) is 1.13. The van der Waals surface area contributed by atoms with Crippen LogP contribution in [-0.4, -0.2) is 15.7 Å². The minimum Gasteiger partial charge on any atom is -0.304 e. The average molecular weight is 292 g/mol. The van der Waals surface area contributed by atoms with Crippen molar-refractivity contribution < 1.29 is 0 Å². The maximum absolute atomic E-state index is 6.10. The number of hydrogen-bond acceptors (Lipinski definition) is 4. The van der Waals surface area contributed by atoms with Gasteiger partial charge in [0.2, 0.25) is 0 Å². The number of rotatable bonds is 3. The number of halogens is 1. The predicted molar refractivity (Wildman–Crippen MR) is 78.4 cm³/mol. The van der Waals surface area contributed by atoms with E-state index in [1.54, 1.807) is 12.5 Å². The van der Waals surface area contributed by atoms with Crippen molar-refractivity contribution in [2.75, 3.05) is 5.75 Å². The van der Waals surface area contributed by atoms with E-state index >= 15 is 0 Å². The maximum atomic E-state index is 6.10. The van der Waals surface area contributed by atoms with E-state index in [0.29, 0.717) is 6.04 Å². The molecule has 0 saturated heterocycles. The van der Waals surface area contributed by atoms with E-state index in [1.165, 1.54) is 10.5 Å². The van der Waals surface area contributed by atoms with Crippen molar-refractivity contribution in [3.8, 4) is 0 Å². The maximum Gasteiger partial charge on any atom is 0.115 e. The largest absolute Gasteiger partial charge is 0.304 e. The minimum absolute atomic E-state index is 0.352. The van der Waals surface area contributed by atoms with E-state index in [-0.39, 0.29) is 0 Å². The lowest BCUT2D eigenvalue weighted by Crippen LogP contribution is -2.24. The Bertz CT molecular complexity index is 562. The molecule has 0 aliphatic carbocycles. The number of benzene rings is 1. The second-order valence-corrected chi connectivity index (χ2v) is 6.03. The number of fused-ring (bicyclic) bond motifs is 1. The van der Waals surface area contributed by atoms with Crippen LogP contribution in [0.1, 0.15) is 23.7 Å². The lowest BCUT2D eigenvalue weighted by Gasteiger charge is -2.26. The SMILES string of the molecule is Clc1ccc2c(c1)C(NCc1ccncn1)CCS2. The summed E-state index contributed by atoms with van der Waals surface area (Å²) in [6.45, 7) is 0.754. The smallest absolute Gasteiger partial charge is 0.115 e. The monoisotopic (exact) mass is 291 g/mol. The Kier molecular flexibility index (Phi) is 4.01. The van der Waals surface area contributed by atoms with Crippen molar-refractivity contribution in [2.24, 2.45) is 0 Å². The summed E-state index contributed by atoms with van der Waals surface area (Å²) in [4.78, 5) is 9.49. The number of hydrogen-bond donors (Lipinski definition) is 1. The van der Waals surface area contributed by atoms with Gasteiger partial charge in [0.15, 0.2) is 0 Å². The molecule has 1 atom stereocenters. The Hall–Kier alpha value is -1.10. The van der Waals surface area contributed by atoms with Gasteiger partial charge in [0.05, 0.1) is 5.69 Å². The molecule has 3 rings (SSSR count). The first kappa shape index (κ1) is 12.9. The third-order valence-corrected chi connectivity index (χ3v) is 4.54. The van der Waals surface area contributed by atoms with E-state index < -0.39 is 0 Å². The van der Waals surface area contributed by atoms with Gasteiger partial charge in [-0.2, -0.15) is 0 Å². The van der Waals surface area contributed by atoms with E-state index in [4.69, 9.17) is 11.6 Å². The van der Waals surface area contributed by atoms with Gasteiger partial charge in [0, 0.05) is 28.7 Å². The van der Waals surface area contributed by atoms with Crippen LogP contribution in [0.3, 0.4) is 0 Å². The van der Waals surface area contributed by atoms with E-state index in [2.05, 4.69) is 27.4 Å². The highest BCUT2D eigenvalue weighted by Gasteiger charge is 2.20. The molecule has 0 fully saturated rings. The molecule has 3 nitrogen and oxygen atoms in total. The highest BCUT2D eigenvalue weighted by molar-refractivity contribution is 7.99. The Morgan fingerprint density at radius 2 is 2.32 bits per heavy atom. The number of nitrogens with one attached hydrogen (secondary N) is 1. The summed E-state index contributed by atoms with van der Waals surface area (Å²) in [6.07, 6.45) is 4.47. The van der Waals surface area contributed by atoms with E-state index in [0.717, 1.165) is 29.4 Å². The molecule has 1 N–H and O–H groups in total. The summed E-state index contributed by atoms with van der Waals surface area (Å²) in [5.41, 5.74) is 2.31. The Morgan fingerprint density at radius 3 is 3.16 bits per heavy atom. The molecule has 1 unspecified atom stereocenters. The van der Waals surface area contributed by atoms with E-state index in [1.807, 2.05) is 23.9 Å². The fourth-order valence-electron chi connectivity index (χ4n) is 2.23. The molecule has 0 amide bonds. The van der Waals surface area contributed by atoms with Gasteiger partial charge in [-0.15, -0.1) is 11.8 Å². The standard InChI is InChI=1S/C14H14ClN3S/c15-10-1-2-14-12(7-10)13(4-6-19-14)17-8-11-3-5-16-9-18-11/h1-3,5,7,9,13,17H,4,6,8H2. The third-order valence-electron chi connectivity index (χ3n) is 3.18. The number of thioether (sulfide) groups is 1. The first-order valence-corrected chi connectivity index (χ1v) is 7.60. The van der Waals surface area contributed by atoms with E-state index in [9.17, 15) is 0 Å². The zero-order chi connectivity index (χ0) is 13.1. The van der Waals surface area contributed by atoms with Crippen LogP contribution in [0.25, 0.3) is 0 Å². The van der Waals surface area contributed by atoms with Crippen LogP contribution in [-0.2, 0) is 6.54 Å².